The molecule has 0 unspecified atom stereocenters. The minimum absolute atomic E-state index is 0.0133. The number of amides is 1. The molecule has 1 amide bonds. The minimum atomic E-state index is -0.0133. The number of aromatic nitrogens is 1. The van der Waals surface area contributed by atoms with Crippen molar-refractivity contribution in [1.29, 1.82) is 0 Å². The van der Waals surface area contributed by atoms with E-state index in [0.29, 0.717) is 17.2 Å². The van der Waals surface area contributed by atoms with Crippen LogP contribution < -0.4 is 5.32 Å². The van der Waals surface area contributed by atoms with Crippen molar-refractivity contribution in [2.24, 2.45) is 0 Å². The largest absolute Gasteiger partial charge is 0.326 e. The van der Waals surface area contributed by atoms with Crippen molar-refractivity contribution in [2.45, 2.75) is 11.4 Å². The van der Waals surface area contributed by atoms with E-state index in [2.05, 4.69) is 16.4 Å². The molecule has 0 radical (unpaired) electrons. The molecule has 0 aliphatic rings. The molecule has 0 bridgehead atoms. The number of benzene rings is 2. The van der Waals surface area contributed by atoms with Crippen molar-refractivity contribution in [3.8, 4) is 0 Å². The molecule has 0 fully saturated rings. The zero-order valence-electron chi connectivity index (χ0n) is 12.3. The molecule has 0 atom stereocenters. The predicted octanol–water partition coefficient (Wildman–Crippen LogP) is 5.01. The maximum absolute atomic E-state index is 11.9. The summed E-state index contributed by atoms with van der Waals surface area (Å²) in [4.78, 5) is 16.5. The van der Waals surface area contributed by atoms with Gasteiger partial charge in [-0.15, -0.1) is 11.8 Å². The molecule has 1 aromatic heterocycles. The first-order valence-electron chi connectivity index (χ1n) is 7.25. The van der Waals surface area contributed by atoms with Gasteiger partial charge in [-0.1, -0.05) is 35.9 Å². The van der Waals surface area contributed by atoms with Gasteiger partial charge in [0, 0.05) is 28.3 Å². The SMILES string of the molecule is O=C(CCSc1ccc2ccccc2n1)Nc1ccc(Cl)cc1. The Morgan fingerprint density at radius 2 is 1.83 bits per heavy atom. The molecule has 23 heavy (non-hydrogen) atoms. The molecule has 3 rings (SSSR count). The Bertz CT molecular complexity index is 821. The Labute approximate surface area is 144 Å². The van der Waals surface area contributed by atoms with Gasteiger partial charge in [-0.3, -0.25) is 4.79 Å². The summed E-state index contributed by atoms with van der Waals surface area (Å²) in [6.45, 7) is 0. The van der Waals surface area contributed by atoms with Gasteiger partial charge in [0.2, 0.25) is 5.91 Å². The topological polar surface area (TPSA) is 42.0 Å². The average Bonchev–Trinajstić information content (AvgIpc) is 2.57. The summed E-state index contributed by atoms with van der Waals surface area (Å²) in [5.74, 6) is 0.672. The van der Waals surface area contributed by atoms with Crippen LogP contribution in [0.3, 0.4) is 0 Å². The Kier molecular flexibility index (Phi) is 5.16. The number of anilines is 1. The fourth-order valence-corrected chi connectivity index (χ4v) is 3.08. The minimum Gasteiger partial charge on any atom is -0.326 e. The van der Waals surface area contributed by atoms with E-state index in [1.165, 1.54) is 0 Å². The summed E-state index contributed by atoms with van der Waals surface area (Å²) in [6, 6.07) is 19.1. The molecule has 3 aromatic rings. The third kappa shape index (κ3) is 4.47. The number of nitrogens with one attached hydrogen (secondary N) is 1. The molecule has 1 heterocycles. The van der Waals surface area contributed by atoms with Crippen LogP contribution in [-0.2, 0) is 4.79 Å². The number of hydrogen-bond acceptors (Lipinski definition) is 3. The van der Waals surface area contributed by atoms with Crippen molar-refractivity contribution in [3.63, 3.8) is 0 Å². The average molecular weight is 343 g/mol. The second-order valence-electron chi connectivity index (χ2n) is 5.00. The third-order valence-corrected chi connectivity index (χ3v) is 4.46. The predicted molar refractivity (Wildman–Crippen MR) is 97.2 cm³/mol. The quantitative estimate of drug-likeness (QED) is 0.663. The number of pyridine rings is 1. The monoisotopic (exact) mass is 342 g/mol. The number of fused-ring (bicyclic) bond motifs is 1. The lowest BCUT2D eigenvalue weighted by Crippen LogP contribution is -2.12. The van der Waals surface area contributed by atoms with Crippen LogP contribution in [0.25, 0.3) is 10.9 Å². The molecular weight excluding hydrogens is 328 g/mol. The Morgan fingerprint density at radius 3 is 2.65 bits per heavy atom. The molecule has 5 heteroatoms. The van der Waals surface area contributed by atoms with Gasteiger partial charge in [-0.05, 0) is 36.4 Å². The zero-order chi connectivity index (χ0) is 16.1. The van der Waals surface area contributed by atoms with Gasteiger partial charge in [0.25, 0.3) is 0 Å². The van der Waals surface area contributed by atoms with E-state index in [1.807, 2.05) is 30.3 Å². The summed E-state index contributed by atoms with van der Waals surface area (Å²) in [5, 5.41) is 5.56. The second-order valence-corrected chi connectivity index (χ2v) is 6.55. The molecule has 0 aliphatic carbocycles. The Balaban J connectivity index is 1.51. The highest BCUT2D eigenvalue weighted by Gasteiger charge is 2.04. The first-order chi connectivity index (χ1) is 11.2. The number of para-hydroxylation sites is 1. The maximum atomic E-state index is 11.9. The van der Waals surface area contributed by atoms with Crippen molar-refractivity contribution < 1.29 is 4.79 Å². The van der Waals surface area contributed by atoms with Gasteiger partial charge in [-0.25, -0.2) is 4.98 Å². The fourth-order valence-electron chi connectivity index (χ4n) is 2.13. The van der Waals surface area contributed by atoms with E-state index >= 15 is 0 Å². The van der Waals surface area contributed by atoms with Crippen molar-refractivity contribution in [2.75, 3.05) is 11.1 Å². The van der Waals surface area contributed by atoms with Crippen LogP contribution >= 0.6 is 23.4 Å². The molecule has 0 saturated heterocycles. The normalized spacial score (nSPS) is 10.7. The van der Waals surface area contributed by atoms with E-state index < -0.39 is 0 Å². The Hall–Kier alpha value is -2.04. The number of carbonyl (C=O) groups is 1. The first kappa shape index (κ1) is 15.8. The zero-order valence-corrected chi connectivity index (χ0v) is 13.9. The van der Waals surface area contributed by atoms with Gasteiger partial charge >= 0.3 is 0 Å². The number of nitrogens with zero attached hydrogens (tertiary/aromatic N) is 1. The smallest absolute Gasteiger partial charge is 0.225 e. The number of hydrogen-bond donors (Lipinski definition) is 1. The van der Waals surface area contributed by atoms with Crippen LogP contribution in [0, 0.1) is 0 Å². The van der Waals surface area contributed by atoms with E-state index in [4.69, 9.17) is 11.6 Å². The summed E-state index contributed by atoms with van der Waals surface area (Å²) in [5.41, 5.74) is 1.73. The number of carbonyl (C=O) groups excluding carboxylic acids is 1. The fraction of sp³-hybridized carbons (Fsp3) is 0.111. The summed E-state index contributed by atoms with van der Waals surface area (Å²) >= 11 is 7.40. The van der Waals surface area contributed by atoms with Crippen LogP contribution in [-0.4, -0.2) is 16.6 Å². The van der Waals surface area contributed by atoms with Gasteiger partial charge < -0.3 is 5.32 Å². The highest BCUT2D eigenvalue weighted by atomic mass is 35.5. The van der Waals surface area contributed by atoms with Crippen molar-refractivity contribution in [1.82, 2.24) is 4.98 Å². The van der Waals surface area contributed by atoms with Gasteiger partial charge in [0.05, 0.1) is 10.5 Å². The van der Waals surface area contributed by atoms with Gasteiger partial charge in [0.15, 0.2) is 0 Å². The molecule has 2 aromatic carbocycles. The van der Waals surface area contributed by atoms with E-state index in [0.717, 1.165) is 21.6 Å². The summed E-state index contributed by atoms with van der Waals surface area (Å²) in [7, 11) is 0. The molecule has 0 saturated carbocycles. The second kappa shape index (κ2) is 7.49. The lowest BCUT2D eigenvalue weighted by Gasteiger charge is -2.05. The molecule has 1 N–H and O–H groups in total. The number of halogens is 1. The van der Waals surface area contributed by atoms with E-state index in [9.17, 15) is 4.79 Å². The van der Waals surface area contributed by atoms with Crippen molar-refractivity contribution >= 4 is 45.9 Å². The van der Waals surface area contributed by atoms with Crippen LogP contribution in [0.2, 0.25) is 5.02 Å². The van der Waals surface area contributed by atoms with Gasteiger partial charge in [0.1, 0.15) is 0 Å². The number of thioether (sulfide) groups is 1. The van der Waals surface area contributed by atoms with Crippen LogP contribution in [0.15, 0.2) is 65.7 Å². The third-order valence-electron chi connectivity index (χ3n) is 3.28. The summed E-state index contributed by atoms with van der Waals surface area (Å²) < 4.78 is 0. The molecular formula is C18H15ClN2OS. The Morgan fingerprint density at radius 1 is 1.04 bits per heavy atom. The molecule has 3 nitrogen and oxygen atoms in total. The lowest BCUT2D eigenvalue weighted by atomic mass is 10.2. The van der Waals surface area contributed by atoms with Crippen LogP contribution in [0.4, 0.5) is 5.69 Å². The maximum Gasteiger partial charge on any atom is 0.225 e. The van der Waals surface area contributed by atoms with Crippen molar-refractivity contribution in [3.05, 3.63) is 65.7 Å². The molecule has 0 spiro atoms. The first-order valence-corrected chi connectivity index (χ1v) is 8.61. The molecule has 116 valence electrons. The summed E-state index contributed by atoms with van der Waals surface area (Å²) in [6.07, 6.45) is 0.432. The van der Waals surface area contributed by atoms with E-state index in [1.54, 1.807) is 36.0 Å². The van der Waals surface area contributed by atoms with Gasteiger partial charge in [-0.2, -0.15) is 0 Å². The standard InChI is InChI=1S/C18H15ClN2OS/c19-14-6-8-15(9-7-14)20-17(22)11-12-23-18-10-5-13-3-1-2-4-16(13)21-18/h1-10H,11-12H2,(H,20,22). The van der Waals surface area contributed by atoms with E-state index in [-0.39, 0.29) is 5.91 Å². The lowest BCUT2D eigenvalue weighted by molar-refractivity contribution is -0.115. The number of rotatable bonds is 5. The highest BCUT2D eigenvalue weighted by molar-refractivity contribution is 7.99. The molecule has 0 aliphatic heterocycles. The van der Waals surface area contributed by atoms with Crippen LogP contribution in [0.5, 0.6) is 0 Å². The highest BCUT2D eigenvalue weighted by Crippen LogP contribution is 2.21. The van der Waals surface area contributed by atoms with Crippen LogP contribution in [0.1, 0.15) is 6.42 Å².